The predicted molar refractivity (Wildman–Crippen MR) is 130 cm³/mol. The maximum Gasteiger partial charge on any atom is 0.227 e. The lowest BCUT2D eigenvalue weighted by Crippen LogP contribution is -2.11. The second-order valence-electron chi connectivity index (χ2n) is 9.29. The van der Waals surface area contributed by atoms with Crippen LogP contribution in [0.2, 0.25) is 0 Å². The Morgan fingerprint density at radius 2 is 1.32 bits per heavy atom. The van der Waals surface area contributed by atoms with Gasteiger partial charge in [-0.3, -0.25) is 0 Å². The van der Waals surface area contributed by atoms with Crippen molar-refractivity contribution in [2.24, 2.45) is 0 Å². The van der Waals surface area contributed by atoms with E-state index in [-0.39, 0.29) is 5.41 Å². The highest BCUT2D eigenvalue weighted by molar-refractivity contribution is 6.25. The minimum Gasteiger partial charge on any atom is -0.436 e. The van der Waals surface area contributed by atoms with Crippen molar-refractivity contribution in [2.45, 2.75) is 26.2 Å². The Labute approximate surface area is 181 Å². The van der Waals surface area contributed by atoms with Gasteiger partial charge in [0, 0.05) is 11.1 Å². The molecular formula is C29H23NO. The fraction of sp³-hybridized carbons (Fsp3) is 0.138. The zero-order valence-corrected chi connectivity index (χ0v) is 17.9. The molecule has 150 valence electrons. The highest BCUT2D eigenvalue weighted by atomic mass is 16.4. The molecule has 0 spiro atoms. The number of oxazole rings is 1. The first-order valence-electron chi connectivity index (χ1n) is 10.7. The Kier molecular flexibility index (Phi) is 3.76. The van der Waals surface area contributed by atoms with Crippen LogP contribution in [-0.2, 0) is 5.41 Å². The molecule has 6 rings (SSSR count). The SMILES string of the molecule is CC(C)(C)c1ccc2ccc3c(-c4ncc(-c5ccccc5)o4)ccc4ccc1c2c43. The van der Waals surface area contributed by atoms with Crippen molar-refractivity contribution in [1.29, 1.82) is 0 Å². The molecule has 0 unspecified atom stereocenters. The van der Waals surface area contributed by atoms with Gasteiger partial charge in [-0.25, -0.2) is 4.98 Å². The summed E-state index contributed by atoms with van der Waals surface area (Å²) in [4.78, 5) is 4.64. The number of rotatable bonds is 2. The summed E-state index contributed by atoms with van der Waals surface area (Å²) in [5.41, 5.74) is 3.53. The van der Waals surface area contributed by atoms with E-state index in [9.17, 15) is 0 Å². The Morgan fingerprint density at radius 3 is 2.06 bits per heavy atom. The molecule has 0 bridgehead atoms. The average molecular weight is 402 g/mol. The summed E-state index contributed by atoms with van der Waals surface area (Å²) in [5.74, 6) is 1.45. The molecule has 0 saturated heterocycles. The Balaban J connectivity index is 1.64. The highest BCUT2D eigenvalue weighted by Crippen LogP contribution is 2.42. The maximum absolute atomic E-state index is 6.21. The van der Waals surface area contributed by atoms with Crippen molar-refractivity contribution in [2.75, 3.05) is 0 Å². The van der Waals surface area contributed by atoms with Crippen molar-refractivity contribution < 1.29 is 4.42 Å². The molecule has 31 heavy (non-hydrogen) atoms. The molecule has 0 atom stereocenters. The number of hydrogen-bond acceptors (Lipinski definition) is 2. The quantitative estimate of drug-likeness (QED) is 0.273. The van der Waals surface area contributed by atoms with E-state index in [4.69, 9.17) is 4.42 Å². The number of benzene rings is 5. The topological polar surface area (TPSA) is 26.0 Å². The summed E-state index contributed by atoms with van der Waals surface area (Å²) < 4.78 is 6.21. The predicted octanol–water partition coefficient (Wildman–Crippen LogP) is 8.20. The van der Waals surface area contributed by atoms with Gasteiger partial charge >= 0.3 is 0 Å². The Morgan fingerprint density at radius 1 is 0.677 bits per heavy atom. The first-order chi connectivity index (χ1) is 15.0. The van der Waals surface area contributed by atoms with Crippen LogP contribution in [0.5, 0.6) is 0 Å². The molecule has 0 saturated carbocycles. The monoisotopic (exact) mass is 401 g/mol. The van der Waals surface area contributed by atoms with Crippen LogP contribution in [-0.4, -0.2) is 4.98 Å². The third-order valence-corrected chi connectivity index (χ3v) is 6.27. The van der Waals surface area contributed by atoms with E-state index in [1.54, 1.807) is 0 Å². The molecule has 6 aromatic rings. The third kappa shape index (κ3) is 2.75. The van der Waals surface area contributed by atoms with Crippen molar-refractivity contribution in [1.82, 2.24) is 4.98 Å². The van der Waals surface area contributed by atoms with E-state index < -0.39 is 0 Å². The van der Waals surface area contributed by atoms with E-state index in [0.717, 1.165) is 16.9 Å². The van der Waals surface area contributed by atoms with Gasteiger partial charge in [0.1, 0.15) is 0 Å². The lowest BCUT2D eigenvalue weighted by Gasteiger charge is -2.23. The van der Waals surface area contributed by atoms with Crippen LogP contribution >= 0.6 is 0 Å². The van der Waals surface area contributed by atoms with Crippen LogP contribution in [0.1, 0.15) is 26.3 Å². The maximum atomic E-state index is 6.21. The molecule has 0 fully saturated rings. The largest absolute Gasteiger partial charge is 0.436 e. The molecular weight excluding hydrogens is 378 g/mol. The Hall–Kier alpha value is -3.65. The number of aromatic nitrogens is 1. The van der Waals surface area contributed by atoms with Crippen LogP contribution in [0.4, 0.5) is 0 Å². The van der Waals surface area contributed by atoms with Gasteiger partial charge in [-0.05, 0) is 49.4 Å². The third-order valence-electron chi connectivity index (χ3n) is 6.27. The number of hydrogen-bond donors (Lipinski definition) is 0. The highest BCUT2D eigenvalue weighted by Gasteiger charge is 2.21. The summed E-state index contributed by atoms with van der Waals surface area (Å²) in [5, 5.41) is 7.66. The minimum absolute atomic E-state index is 0.0816. The molecule has 0 radical (unpaired) electrons. The fourth-order valence-corrected chi connectivity index (χ4v) is 4.78. The lowest BCUT2D eigenvalue weighted by molar-refractivity contribution is 0.589. The van der Waals surface area contributed by atoms with Gasteiger partial charge in [0.15, 0.2) is 5.76 Å². The van der Waals surface area contributed by atoms with Crippen LogP contribution in [0, 0.1) is 0 Å². The van der Waals surface area contributed by atoms with Crippen molar-refractivity contribution in [3.8, 4) is 22.8 Å². The standard InChI is InChI=1S/C29H23NO/c1-29(2,3)24-16-12-20-9-13-21-22(14-10-19-11-15-23(24)27(20)26(19)21)28-30-17-25(31-28)18-7-5-4-6-8-18/h4-17H,1-3H3. The Bertz CT molecular complexity index is 1550. The van der Waals surface area contributed by atoms with E-state index in [0.29, 0.717) is 5.89 Å². The van der Waals surface area contributed by atoms with Crippen molar-refractivity contribution in [3.63, 3.8) is 0 Å². The van der Waals surface area contributed by atoms with Gasteiger partial charge in [0.2, 0.25) is 5.89 Å². The van der Waals surface area contributed by atoms with E-state index in [2.05, 4.69) is 74.3 Å². The summed E-state index contributed by atoms with van der Waals surface area (Å²) in [6.45, 7) is 6.84. The van der Waals surface area contributed by atoms with Gasteiger partial charge in [-0.15, -0.1) is 0 Å². The van der Waals surface area contributed by atoms with Crippen LogP contribution in [0.25, 0.3) is 55.1 Å². The van der Waals surface area contributed by atoms with Gasteiger partial charge < -0.3 is 4.42 Å². The minimum atomic E-state index is 0.0816. The summed E-state index contributed by atoms with van der Waals surface area (Å²) in [6.07, 6.45) is 1.82. The molecule has 0 aliphatic rings. The van der Waals surface area contributed by atoms with Gasteiger partial charge in [0.05, 0.1) is 6.20 Å². The van der Waals surface area contributed by atoms with E-state index in [1.165, 1.54) is 37.9 Å². The normalized spacial score (nSPS) is 12.4. The van der Waals surface area contributed by atoms with Crippen LogP contribution in [0.15, 0.2) is 89.5 Å². The lowest BCUT2D eigenvalue weighted by atomic mass is 9.81. The molecule has 2 nitrogen and oxygen atoms in total. The second kappa shape index (κ2) is 6.42. The summed E-state index contributed by atoms with van der Waals surface area (Å²) >= 11 is 0. The molecule has 1 aromatic heterocycles. The number of nitrogens with zero attached hydrogens (tertiary/aromatic N) is 1. The first kappa shape index (κ1) is 18.1. The molecule has 0 aliphatic heterocycles. The summed E-state index contributed by atoms with van der Waals surface area (Å²) in [7, 11) is 0. The molecule has 5 aromatic carbocycles. The van der Waals surface area contributed by atoms with Crippen LogP contribution < -0.4 is 0 Å². The molecule has 2 heteroatoms. The molecule has 0 amide bonds. The second-order valence-corrected chi connectivity index (χ2v) is 9.29. The average Bonchev–Trinajstić information content (AvgIpc) is 3.27. The van der Waals surface area contributed by atoms with Gasteiger partial charge in [-0.2, -0.15) is 0 Å². The molecule has 1 heterocycles. The smallest absolute Gasteiger partial charge is 0.227 e. The van der Waals surface area contributed by atoms with Gasteiger partial charge in [-0.1, -0.05) is 93.6 Å². The fourth-order valence-electron chi connectivity index (χ4n) is 4.78. The molecule has 0 aliphatic carbocycles. The van der Waals surface area contributed by atoms with E-state index >= 15 is 0 Å². The van der Waals surface area contributed by atoms with Crippen molar-refractivity contribution >= 4 is 32.3 Å². The van der Waals surface area contributed by atoms with Crippen molar-refractivity contribution in [3.05, 3.63) is 90.6 Å². The zero-order chi connectivity index (χ0) is 21.2. The van der Waals surface area contributed by atoms with Crippen LogP contribution in [0.3, 0.4) is 0 Å². The summed E-state index contributed by atoms with van der Waals surface area (Å²) in [6, 6.07) is 27.9. The first-order valence-corrected chi connectivity index (χ1v) is 10.7. The van der Waals surface area contributed by atoms with Gasteiger partial charge in [0.25, 0.3) is 0 Å². The van der Waals surface area contributed by atoms with E-state index in [1.807, 2.05) is 36.5 Å². The molecule has 0 N–H and O–H groups in total. The zero-order valence-electron chi connectivity index (χ0n) is 17.9.